The lowest BCUT2D eigenvalue weighted by atomic mass is 10.0. The number of halogens is 1. The first-order chi connectivity index (χ1) is 12.1. The highest BCUT2D eigenvalue weighted by Gasteiger charge is 2.28. The Kier molecular flexibility index (Phi) is 6.07. The van der Waals surface area contributed by atoms with Gasteiger partial charge in [0.15, 0.2) is 0 Å². The van der Waals surface area contributed by atoms with Gasteiger partial charge in [0, 0.05) is 12.6 Å². The first kappa shape index (κ1) is 18.3. The number of hydrogen-bond donors (Lipinski definition) is 3. The van der Waals surface area contributed by atoms with Crippen molar-refractivity contribution in [1.82, 2.24) is 15.1 Å². The first-order valence-electron chi connectivity index (χ1n) is 8.28. The van der Waals surface area contributed by atoms with Gasteiger partial charge in [0.1, 0.15) is 17.6 Å². The SMILES string of the molecule is CNC(=O)[NH+]=C1C=C(Cl)P(NCC2CCc3ccccc3O2)N(C)C1. The van der Waals surface area contributed by atoms with Crippen LogP contribution in [-0.2, 0) is 6.42 Å². The average molecular weight is 382 g/mol. The predicted molar refractivity (Wildman–Crippen MR) is 101 cm³/mol. The second-order valence-electron chi connectivity index (χ2n) is 6.07. The third-order valence-electron chi connectivity index (χ3n) is 4.21. The van der Waals surface area contributed by atoms with Crippen LogP contribution in [-0.4, -0.2) is 49.7 Å². The van der Waals surface area contributed by atoms with Gasteiger partial charge in [0.05, 0.1) is 26.6 Å². The molecule has 8 heteroatoms. The molecule has 2 atom stereocenters. The molecule has 6 nitrogen and oxygen atoms in total. The van der Waals surface area contributed by atoms with E-state index in [-0.39, 0.29) is 12.1 Å². The predicted octanol–water partition coefficient (Wildman–Crippen LogP) is 1.17. The molecular formula is C17H23ClN4O2P+. The summed E-state index contributed by atoms with van der Waals surface area (Å²) in [7, 11) is 2.78. The number of rotatable bonds is 3. The maximum absolute atomic E-state index is 11.4. The van der Waals surface area contributed by atoms with E-state index in [1.807, 2.05) is 31.3 Å². The normalized spacial score (nSPS) is 25.1. The van der Waals surface area contributed by atoms with Crippen molar-refractivity contribution in [3.05, 3.63) is 40.7 Å². The van der Waals surface area contributed by atoms with Gasteiger partial charge in [-0.2, -0.15) is 4.79 Å². The molecule has 2 heterocycles. The Balaban J connectivity index is 1.59. The number of carbonyl (C=O) groups excluding carboxylic acids is 1. The van der Waals surface area contributed by atoms with Crippen LogP contribution in [0.15, 0.2) is 35.1 Å². The summed E-state index contributed by atoms with van der Waals surface area (Å²) >= 11 is 6.45. The second-order valence-corrected chi connectivity index (χ2v) is 8.85. The summed E-state index contributed by atoms with van der Waals surface area (Å²) < 4.78 is 8.92. The Hall–Kier alpha value is -1.46. The molecule has 0 bridgehead atoms. The van der Waals surface area contributed by atoms with Crippen LogP contribution in [0.4, 0.5) is 4.79 Å². The number of fused-ring (bicyclic) bond motifs is 1. The van der Waals surface area contributed by atoms with E-state index in [0.717, 1.165) is 30.8 Å². The molecule has 1 aromatic carbocycles. The molecular weight excluding hydrogens is 359 g/mol. The van der Waals surface area contributed by atoms with E-state index >= 15 is 0 Å². The van der Waals surface area contributed by atoms with E-state index < -0.39 is 8.22 Å². The smallest absolute Gasteiger partial charge is 0.488 e. The Morgan fingerprint density at radius 2 is 2.28 bits per heavy atom. The standard InChI is InChI=1S/C17H22ClN4O2P/c1-19-17(23)21-13-9-16(18)25(22(2)11-13)20-10-14-8-7-12-5-3-4-6-15(12)24-14/h3-6,9,14,20H,7-8,10-11H2,1-2H3,(H,19,23)/p+1. The van der Waals surface area contributed by atoms with E-state index in [1.165, 1.54) is 5.56 Å². The number of benzene rings is 1. The monoisotopic (exact) mass is 381 g/mol. The van der Waals surface area contributed by atoms with Gasteiger partial charge in [-0.25, -0.2) is 10.3 Å². The fraction of sp³-hybridized carbons (Fsp3) is 0.412. The maximum Gasteiger partial charge on any atom is 0.488 e. The summed E-state index contributed by atoms with van der Waals surface area (Å²) in [5.41, 5.74) is 2.06. The molecule has 3 N–H and O–H groups in total. The Labute approximate surface area is 154 Å². The summed E-state index contributed by atoms with van der Waals surface area (Å²) in [6.07, 6.45) is 4.01. The molecule has 0 aromatic heterocycles. The van der Waals surface area contributed by atoms with Crippen molar-refractivity contribution in [3.8, 4) is 5.75 Å². The minimum atomic E-state index is -0.805. The van der Waals surface area contributed by atoms with Crippen molar-refractivity contribution in [2.24, 2.45) is 0 Å². The zero-order valence-corrected chi connectivity index (χ0v) is 16.0. The highest BCUT2D eigenvalue weighted by molar-refractivity contribution is 7.60. The van der Waals surface area contributed by atoms with E-state index in [4.69, 9.17) is 16.3 Å². The van der Waals surface area contributed by atoms with Crippen LogP contribution in [0.1, 0.15) is 12.0 Å². The number of aryl methyl sites for hydroxylation is 1. The van der Waals surface area contributed by atoms with Crippen molar-refractivity contribution in [2.45, 2.75) is 18.9 Å². The van der Waals surface area contributed by atoms with Gasteiger partial charge in [0.2, 0.25) is 0 Å². The highest BCUT2D eigenvalue weighted by Crippen LogP contribution is 2.47. The zero-order valence-electron chi connectivity index (χ0n) is 14.4. The van der Waals surface area contributed by atoms with Gasteiger partial charge in [-0.05, 0) is 31.5 Å². The summed E-state index contributed by atoms with van der Waals surface area (Å²) in [5.74, 6) is 0.984. The third kappa shape index (κ3) is 4.59. The van der Waals surface area contributed by atoms with Crippen LogP contribution in [0.3, 0.4) is 0 Å². The lowest BCUT2D eigenvalue weighted by molar-refractivity contribution is -0.343. The molecule has 1 aromatic rings. The van der Waals surface area contributed by atoms with Crippen LogP contribution in [0.2, 0.25) is 0 Å². The fourth-order valence-corrected chi connectivity index (χ4v) is 5.29. The maximum atomic E-state index is 11.4. The number of ether oxygens (including phenoxy) is 1. The van der Waals surface area contributed by atoms with Crippen molar-refractivity contribution < 1.29 is 14.5 Å². The van der Waals surface area contributed by atoms with Crippen molar-refractivity contribution in [2.75, 3.05) is 27.2 Å². The fourth-order valence-electron chi connectivity index (χ4n) is 2.92. The third-order valence-corrected chi connectivity index (χ3v) is 6.64. The van der Waals surface area contributed by atoms with E-state index in [2.05, 4.69) is 26.1 Å². The van der Waals surface area contributed by atoms with Crippen LogP contribution >= 0.6 is 19.8 Å². The molecule has 2 amide bonds. The zero-order chi connectivity index (χ0) is 17.8. The van der Waals surface area contributed by atoms with Gasteiger partial charge < -0.3 is 4.74 Å². The number of amides is 2. The van der Waals surface area contributed by atoms with E-state index in [0.29, 0.717) is 11.3 Å². The number of nitrogens with one attached hydrogen (secondary N) is 3. The molecule has 0 fully saturated rings. The summed E-state index contributed by atoms with van der Waals surface area (Å²) in [6.45, 7) is 1.38. The summed E-state index contributed by atoms with van der Waals surface area (Å²) in [4.78, 5) is 14.2. The minimum Gasteiger partial charge on any atom is -0.489 e. The molecule has 25 heavy (non-hydrogen) atoms. The summed E-state index contributed by atoms with van der Waals surface area (Å²) in [5, 5.41) is 6.07. The molecule has 3 rings (SSSR count). The Morgan fingerprint density at radius 1 is 1.48 bits per heavy atom. The van der Waals surface area contributed by atoms with Gasteiger partial charge in [0.25, 0.3) is 0 Å². The second kappa shape index (κ2) is 8.28. The molecule has 0 saturated carbocycles. The molecule has 0 spiro atoms. The van der Waals surface area contributed by atoms with Gasteiger partial charge in [-0.3, -0.25) is 9.76 Å². The average Bonchev–Trinajstić information content (AvgIpc) is 2.60. The number of carbonyl (C=O) groups is 1. The number of urea groups is 1. The van der Waals surface area contributed by atoms with Crippen LogP contribution in [0, 0.1) is 0 Å². The van der Waals surface area contributed by atoms with Crippen molar-refractivity contribution >= 4 is 31.6 Å². The molecule has 0 radical (unpaired) electrons. The van der Waals surface area contributed by atoms with Crippen LogP contribution in [0.25, 0.3) is 0 Å². The van der Waals surface area contributed by atoms with Crippen LogP contribution < -0.4 is 20.1 Å². The molecule has 0 saturated heterocycles. The molecule has 2 aliphatic heterocycles. The molecule has 0 aliphatic carbocycles. The van der Waals surface area contributed by atoms with Gasteiger partial charge in [-0.1, -0.05) is 29.8 Å². The van der Waals surface area contributed by atoms with Crippen molar-refractivity contribution in [3.63, 3.8) is 0 Å². The highest BCUT2D eigenvalue weighted by atomic mass is 35.5. The molecule has 2 unspecified atom stereocenters. The van der Waals surface area contributed by atoms with Crippen molar-refractivity contribution in [1.29, 1.82) is 0 Å². The first-order valence-corrected chi connectivity index (χ1v) is 9.95. The lowest BCUT2D eigenvalue weighted by Crippen LogP contribution is -2.81. The lowest BCUT2D eigenvalue weighted by Gasteiger charge is -2.33. The Bertz CT molecular complexity index is 710. The van der Waals surface area contributed by atoms with Crippen LogP contribution in [0.5, 0.6) is 5.75 Å². The topological polar surface area (TPSA) is 67.6 Å². The van der Waals surface area contributed by atoms with E-state index in [1.54, 1.807) is 7.05 Å². The van der Waals surface area contributed by atoms with E-state index in [9.17, 15) is 4.79 Å². The van der Waals surface area contributed by atoms with Gasteiger partial charge in [-0.15, -0.1) is 0 Å². The summed E-state index contributed by atoms with van der Waals surface area (Å²) in [6, 6.07) is 7.96. The quantitative estimate of drug-likeness (QED) is 0.688. The number of nitrogens with zero attached hydrogens (tertiary/aromatic N) is 1. The minimum absolute atomic E-state index is 0.143. The number of para-hydroxylation sites is 1. The largest absolute Gasteiger partial charge is 0.489 e. The Morgan fingerprint density at radius 3 is 3.04 bits per heavy atom. The molecule has 2 aliphatic rings. The molecule has 134 valence electrons. The number of hydrogen-bond acceptors (Lipinski definition) is 4. The van der Waals surface area contributed by atoms with Gasteiger partial charge >= 0.3 is 6.03 Å².